The fourth-order valence-electron chi connectivity index (χ4n) is 3.72. The first-order valence-corrected chi connectivity index (χ1v) is 10.3. The third-order valence-electron chi connectivity index (χ3n) is 5.09. The molecule has 1 aromatic carbocycles. The molecule has 5 heteroatoms. The highest BCUT2D eigenvalue weighted by Crippen LogP contribution is 2.39. The van der Waals surface area contributed by atoms with Crippen molar-refractivity contribution < 1.29 is 5.11 Å². The number of fused-ring (bicyclic) bond motifs is 1. The molecular weight excluding hydrogens is 330 g/mol. The molecule has 0 unspecified atom stereocenters. The first-order valence-electron chi connectivity index (χ1n) is 9.34. The number of hydrogen-bond acceptors (Lipinski definition) is 5. The molecule has 2 aliphatic rings. The number of benzene rings is 1. The Labute approximate surface area is 153 Å². The van der Waals surface area contributed by atoms with E-state index in [2.05, 4.69) is 29.6 Å². The van der Waals surface area contributed by atoms with Gasteiger partial charge in [-0.3, -0.25) is 0 Å². The van der Waals surface area contributed by atoms with E-state index in [-0.39, 0.29) is 6.61 Å². The quantitative estimate of drug-likeness (QED) is 0.830. The second-order valence-corrected chi connectivity index (χ2v) is 8.04. The Kier molecular flexibility index (Phi) is 5.22. The van der Waals surface area contributed by atoms with Crippen molar-refractivity contribution in [3.05, 3.63) is 41.3 Å². The van der Waals surface area contributed by atoms with Crippen LogP contribution in [-0.2, 0) is 12.8 Å². The molecule has 0 radical (unpaired) electrons. The zero-order chi connectivity index (χ0) is 17.1. The molecule has 0 amide bonds. The SMILES string of the molecule is OCCc1ccc(Nc2nc(C3CCCC3)nc3c2SCCC3)cc1. The second-order valence-electron chi connectivity index (χ2n) is 6.94. The standard InChI is InChI=1S/C20H25N3OS/c24-12-11-14-7-9-16(10-8-14)21-20-18-17(6-3-13-25-18)22-19(23-20)15-4-1-2-5-15/h7-10,15,24H,1-6,11-13H2,(H,21,22,23). The average molecular weight is 356 g/mol. The summed E-state index contributed by atoms with van der Waals surface area (Å²) in [4.78, 5) is 11.1. The molecule has 1 aromatic heterocycles. The number of hydrogen-bond donors (Lipinski definition) is 2. The maximum absolute atomic E-state index is 9.06. The van der Waals surface area contributed by atoms with Crippen molar-refractivity contribution in [3.8, 4) is 0 Å². The number of aliphatic hydroxyl groups is 1. The van der Waals surface area contributed by atoms with Crippen LogP contribution < -0.4 is 5.32 Å². The van der Waals surface area contributed by atoms with Gasteiger partial charge in [0.1, 0.15) is 11.6 Å². The number of aliphatic hydroxyl groups excluding tert-OH is 1. The Morgan fingerprint density at radius 2 is 1.88 bits per heavy atom. The van der Waals surface area contributed by atoms with E-state index in [1.807, 2.05) is 11.8 Å². The average Bonchev–Trinajstić information content (AvgIpc) is 3.18. The van der Waals surface area contributed by atoms with Gasteiger partial charge in [-0.25, -0.2) is 9.97 Å². The highest BCUT2D eigenvalue weighted by atomic mass is 32.2. The Morgan fingerprint density at radius 1 is 1.08 bits per heavy atom. The van der Waals surface area contributed by atoms with Crippen molar-refractivity contribution >= 4 is 23.3 Å². The summed E-state index contributed by atoms with van der Waals surface area (Å²) in [5.74, 6) is 3.69. The van der Waals surface area contributed by atoms with Crippen LogP contribution in [0.2, 0.25) is 0 Å². The van der Waals surface area contributed by atoms with Gasteiger partial charge in [0, 0.05) is 18.2 Å². The van der Waals surface area contributed by atoms with E-state index >= 15 is 0 Å². The van der Waals surface area contributed by atoms with E-state index in [1.165, 1.54) is 42.7 Å². The van der Waals surface area contributed by atoms with Gasteiger partial charge in [0.05, 0.1) is 10.6 Å². The molecule has 2 N–H and O–H groups in total. The van der Waals surface area contributed by atoms with Gasteiger partial charge in [-0.2, -0.15) is 0 Å². The molecule has 0 bridgehead atoms. The molecular formula is C20H25N3OS. The zero-order valence-electron chi connectivity index (χ0n) is 14.5. The lowest BCUT2D eigenvalue weighted by atomic mass is 10.1. The fraction of sp³-hybridized carbons (Fsp3) is 0.500. The minimum absolute atomic E-state index is 0.188. The highest BCUT2D eigenvalue weighted by molar-refractivity contribution is 7.99. The number of aryl methyl sites for hydroxylation is 1. The summed E-state index contributed by atoms with van der Waals surface area (Å²) >= 11 is 1.88. The molecule has 4 nitrogen and oxygen atoms in total. The molecule has 0 saturated heterocycles. The summed E-state index contributed by atoms with van der Waals surface area (Å²) in [6.07, 6.45) is 8.01. The Bertz CT molecular complexity index is 726. The van der Waals surface area contributed by atoms with E-state index in [0.29, 0.717) is 12.3 Å². The van der Waals surface area contributed by atoms with Crippen molar-refractivity contribution in [1.29, 1.82) is 0 Å². The Hall–Kier alpha value is -1.59. The fourth-order valence-corrected chi connectivity index (χ4v) is 4.76. The maximum atomic E-state index is 9.06. The van der Waals surface area contributed by atoms with Gasteiger partial charge < -0.3 is 10.4 Å². The number of nitrogens with zero attached hydrogens (tertiary/aromatic N) is 2. The van der Waals surface area contributed by atoms with Gasteiger partial charge in [0.15, 0.2) is 0 Å². The predicted molar refractivity (Wildman–Crippen MR) is 103 cm³/mol. The van der Waals surface area contributed by atoms with Crippen molar-refractivity contribution in [2.75, 3.05) is 17.7 Å². The van der Waals surface area contributed by atoms with Crippen LogP contribution in [0.25, 0.3) is 0 Å². The Balaban J connectivity index is 1.63. The lowest BCUT2D eigenvalue weighted by Gasteiger charge is -2.21. The lowest BCUT2D eigenvalue weighted by Crippen LogP contribution is -2.12. The predicted octanol–water partition coefficient (Wildman–Crippen LogP) is 4.45. The molecule has 4 rings (SSSR count). The molecule has 1 aliphatic heterocycles. The van der Waals surface area contributed by atoms with Crippen LogP contribution >= 0.6 is 11.8 Å². The van der Waals surface area contributed by atoms with Crippen LogP contribution in [0.15, 0.2) is 29.2 Å². The summed E-state index contributed by atoms with van der Waals surface area (Å²) in [5.41, 5.74) is 3.43. The third kappa shape index (κ3) is 3.82. The summed E-state index contributed by atoms with van der Waals surface area (Å²) in [5, 5.41) is 12.6. The molecule has 2 heterocycles. The van der Waals surface area contributed by atoms with Crippen LogP contribution in [-0.4, -0.2) is 27.4 Å². The van der Waals surface area contributed by atoms with Gasteiger partial charge in [-0.05, 0) is 55.6 Å². The molecule has 1 aliphatic carbocycles. The van der Waals surface area contributed by atoms with Crippen LogP contribution in [0, 0.1) is 0 Å². The third-order valence-corrected chi connectivity index (χ3v) is 6.31. The van der Waals surface area contributed by atoms with Crippen molar-refractivity contribution in [2.45, 2.75) is 55.8 Å². The normalized spacial score (nSPS) is 17.5. The van der Waals surface area contributed by atoms with Crippen molar-refractivity contribution in [2.24, 2.45) is 0 Å². The first-order chi connectivity index (χ1) is 12.3. The smallest absolute Gasteiger partial charge is 0.148 e. The summed E-state index contributed by atoms with van der Waals surface area (Å²) in [7, 11) is 0. The maximum Gasteiger partial charge on any atom is 0.148 e. The molecule has 1 fully saturated rings. The molecule has 0 atom stereocenters. The van der Waals surface area contributed by atoms with Crippen molar-refractivity contribution in [1.82, 2.24) is 9.97 Å². The molecule has 0 spiro atoms. The number of thioether (sulfide) groups is 1. The number of rotatable bonds is 5. The summed E-state index contributed by atoms with van der Waals surface area (Å²) in [6, 6.07) is 8.28. The van der Waals surface area contributed by atoms with E-state index in [1.54, 1.807) is 0 Å². The van der Waals surface area contributed by atoms with E-state index in [0.717, 1.165) is 35.1 Å². The van der Waals surface area contributed by atoms with Crippen LogP contribution in [0.1, 0.15) is 55.1 Å². The summed E-state index contributed by atoms with van der Waals surface area (Å²) in [6.45, 7) is 0.188. The van der Waals surface area contributed by atoms with E-state index in [4.69, 9.17) is 15.1 Å². The van der Waals surface area contributed by atoms with E-state index in [9.17, 15) is 0 Å². The van der Waals surface area contributed by atoms with Gasteiger partial charge in [-0.15, -0.1) is 11.8 Å². The van der Waals surface area contributed by atoms with Crippen molar-refractivity contribution in [3.63, 3.8) is 0 Å². The zero-order valence-corrected chi connectivity index (χ0v) is 15.3. The summed E-state index contributed by atoms with van der Waals surface area (Å²) < 4.78 is 0. The Morgan fingerprint density at radius 3 is 2.64 bits per heavy atom. The molecule has 132 valence electrons. The van der Waals surface area contributed by atoms with Gasteiger partial charge in [0.25, 0.3) is 0 Å². The van der Waals surface area contributed by atoms with Gasteiger partial charge in [0.2, 0.25) is 0 Å². The number of anilines is 2. The minimum atomic E-state index is 0.188. The van der Waals surface area contributed by atoms with Gasteiger partial charge in [-0.1, -0.05) is 25.0 Å². The first kappa shape index (κ1) is 16.9. The second kappa shape index (κ2) is 7.75. The highest BCUT2D eigenvalue weighted by Gasteiger charge is 2.24. The monoisotopic (exact) mass is 355 g/mol. The topological polar surface area (TPSA) is 58.0 Å². The lowest BCUT2D eigenvalue weighted by molar-refractivity contribution is 0.299. The largest absolute Gasteiger partial charge is 0.396 e. The van der Waals surface area contributed by atoms with E-state index < -0.39 is 0 Å². The molecule has 2 aromatic rings. The number of nitrogens with one attached hydrogen (secondary N) is 1. The van der Waals surface area contributed by atoms with Crippen LogP contribution in [0.3, 0.4) is 0 Å². The van der Waals surface area contributed by atoms with Crippen LogP contribution in [0.5, 0.6) is 0 Å². The molecule has 25 heavy (non-hydrogen) atoms. The number of aromatic nitrogens is 2. The molecule has 1 saturated carbocycles. The minimum Gasteiger partial charge on any atom is -0.396 e. The van der Waals surface area contributed by atoms with Gasteiger partial charge >= 0.3 is 0 Å². The van der Waals surface area contributed by atoms with Crippen LogP contribution in [0.4, 0.5) is 11.5 Å².